The van der Waals surface area contributed by atoms with Gasteiger partial charge in [0.15, 0.2) is 11.5 Å². The van der Waals surface area contributed by atoms with Crippen molar-refractivity contribution < 1.29 is 18.3 Å². The van der Waals surface area contributed by atoms with E-state index in [9.17, 15) is 13.6 Å². The lowest BCUT2D eigenvalue weighted by Crippen LogP contribution is -2.32. The van der Waals surface area contributed by atoms with Crippen LogP contribution < -0.4 is 21.1 Å². The molecule has 0 aliphatic heterocycles. The molecule has 37 heavy (non-hydrogen) atoms. The molecule has 194 valence electrons. The zero-order chi connectivity index (χ0) is 26.1. The van der Waals surface area contributed by atoms with Crippen LogP contribution in [-0.4, -0.2) is 50.0 Å². The monoisotopic (exact) mass is 530 g/mol. The highest BCUT2D eigenvalue weighted by Crippen LogP contribution is 2.39. The normalized spacial score (nSPS) is 17.9. The number of nitrogens with zero attached hydrogens (tertiary/aromatic N) is 5. The summed E-state index contributed by atoms with van der Waals surface area (Å²) < 4.78 is 34.3. The molecule has 1 amide bonds. The van der Waals surface area contributed by atoms with Crippen LogP contribution in [0.5, 0.6) is 5.75 Å². The van der Waals surface area contributed by atoms with E-state index in [2.05, 4.69) is 20.7 Å². The quantitative estimate of drug-likeness (QED) is 0.324. The second-order valence-corrected chi connectivity index (χ2v) is 9.24. The Hall–Kier alpha value is -3.77. The van der Waals surface area contributed by atoms with Crippen LogP contribution in [0.3, 0.4) is 0 Å². The van der Waals surface area contributed by atoms with Crippen LogP contribution in [0.25, 0.3) is 16.9 Å². The minimum absolute atomic E-state index is 0.00115. The van der Waals surface area contributed by atoms with Crippen molar-refractivity contribution in [3.8, 4) is 17.0 Å². The number of nitrogens with one attached hydrogen (secondary N) is 2. The summed E-state index contributed by atoms with van der Waals surface area (Å²) in [7, 11) is 1.92. The summed E-state index contributed by atoms with van der Waals surface area (Å²) in [6.45, 7) is -3.06. The molecule has 5 rings (SSSR count). The lowest BCUT2D eigenvalue weighted by atomic mass is 9.91. The van der Waals surface area contributed by atoms with E-state index in [1.807, 2.05) is 7.05 Å². The predicted molar refractivity (Wildman–Crippen MR) is 135 cm³/mol. The lowest BCUT2D eigenvalue weighted by Gasteiger charge is -2.29. The SMILES string of the molecule is CN[C@@H]1CCC[C@H](n2cc(NC(=O)c3c(N)nn4cccnc34)c(-c3cc(Cl)ccc3OC(F)F)n2)C1. The Bertz CT molecular complexity index is 1440. The molecule has 1 fully saturated rings. The first kappa shape index (κ1) is 24.9. The van der Waals surface area contributed by atoms with Gasteiger partial charge in [0.2, 0.25) is 0 Å². The van der Waals surface area contributed by atoms with Crippen LogP contribution in [-0.2, 0) is 0 Å². The van der Waals surface area contributed by atoms with Gasteiger partial charge in [0.1, 0.15) is 17.0 Å². The first-order chi connectivity index (χ1) is 17.8. The van der Waals surface area contributed by atoms with Gasteiger partial charge in [0.05, 0.1) is 11.7 Å². The molecule has 4 N–H and O–H groups in total. The number of amides is 1. The summed E-state index contributed by atoms with van der Waals surface area (Å²) >= 11 is 6.21. The number of nitrogen functional groups attached to an aromatic ring is 1. The fourth-order valence-electron chi connectivity index (χ4n) is 4.73. The smallest absolute Gasteiger partial charge is 0.387 e. The second kappa shape index (κ2) is 10.3. The number of halogens is 3. The van der Waals surface area contributed by atoms with Gasteiger partial charge in [-0.3, -0.25) is 9.48 Å². The van der Waals surface area contributed by atoms with Crippen LogP contribution in [0.1, 0.15) is 42.1 Å². The fourth-order valence-corrected chi connectivity index (χ4v) is 4.90. The number of carbonyl (C=O) groups is 1. The zero-order valence-electron chi connectivity index (χ0n) is 19.9. The molecule has 3 heterocycles. The van der Waals surface area contributed by atoms with E-state index in [-0.39, 0.29) is 45.8 Å². The van der Waals surface area contributed by atoms with Crippen molar-refractivity contribution in [3.05, 3.63) is 53.4 Å². The third kappa shape index (κ3) is 5.07. The number of alkyl halides is 2. The van der Waals surface area contributed by atoms with E-state index >= 15 is 0 Å². The summed E-state index contributed by atoms with van der Waals surface area (Å²) in [5.41, 5.74) is 7.13. The minimum Gasteiger partial charge on any atom is -0.434 e. The number of nitrogens with two attached hydrogens (primary N) is 1. The highest BCUT2D eigenvalue weighted by atomic mass is 35.5. The van der Waals surface area contributed by atoms with Gasteiger partial charge >= 0.3 is 6.61 Å². The number of aromatic nitrogens is 5. The number of benzene rings is 1. The van der Waals surface area contributed by atoms with E-state index in [0.717, 1.165) is 25.7 Å². The maximum atomic E-state index is 13.4. The van der Waals surface area contributed by atoms with Crippen molar-refractivity contribution >= 4 is 34.7 Å². The Morgan fingerprint density at radius 1 is 1.30 bits per heavy atom. The number of anilines is 2. The fraction of sp³-hybridized carbons (Fsp3) is 0.333. The molecule has 10 nitrogen and oxygen atoms in total. The Kier molecular flexibility index (Phi) is 6.94. The van der Waals surface area contributed by atoms with Gasteiger partial charge in [-0.2, -0.15) is 13.9 Å². The molecule has 0 saturated heterocycles. The first-order valence-electron chi connectivity index (χ1n) is 11.8. The average molecular weight is 531 g/mol. The maximum absolute atomic E-state index is 13.4. The molecule has 13 heteroatoms. The van der Waals surface area contributed by atoms with E-state index in [0.29, 0.717) is 11.1 Å². The molecule has 0 unspecified atom stereocenters. The molecule has 4 aromatic rings. The Labute approximate surface area is 215 Å². The van der Waals surface area contributed by atoms with E-state index in [1.54, 1.807) is 23.1 Å². The molecule has 0 bridgehead atoms. The van der Waals surface area contributed by atoms with Gasteiger partial charge in [0, 0.05) is 35.2 Å². The van der Waals surface area contributed by atoms with Crippen LogP contribution in [0.15, 0.2) is 42.9 Å². The largest absolute Gasteiger partial charge is 0.434 e. The van der Waals surface area contributed by atoms with Gasteiger partial charge in [-0.15, -0.1) is 5.10 Å². The molecule has 1 saturated carbocycles. The number of ether oxygens (including phenoxy) is 1. The van der Waals surface area contributed by atoms with Crippen molar-refractivity contribution in [3.63, 3.8) is 0 Å². The zero-order valence-corrected chi connectivity index (χ0v) is 20.6. The first-order valence-corrected chi connectivity index (χ1v) is 12.1. The van der Waals surface area contributed by atoms with E-state index < -0.39 is 12.5 Å². The van der Waals surface area contributed by atoms with Crippen LogP contribution in [0, 0.1) is 0 Å². The van der Waals surface area contributed by atoms with Crippen LogP contribution in [0.4, 0.5) is 20.3 Å². The van der Waals surface area contributed by atoms with Gasteiger partial charge in [0.25, 0.3) is 5.91 Å². The topological polar surface area (TPSA) is 124 Å². The van der Waals surface area contributed by atoms with Gasteiger partial charge in [-0.05, 0) is 57.0 Å². The molecule has 2 atom stereocenters. The van der Waals surface area contributed by atoms with Gasteiger partial charge < -0.3 is 21.1 Å². The summed E-state index contributed by atoms with van der Waals surface area (Å²) in [6, 6.07) is 6.29. The van der Waals surface area contributed by atoms with Crippen LogP contribution in [0.2, 0.25) is 5.02 Å². The molecular formula is C24H25ClF2N8O2. The predicted octanol–water partition coefficient (Wildman–Crippen LogP) is 4.39. The van der Waals surface area contributed by atoms with Gasteiger partial charge in [-0.1, -0.05) is 11.6 Å². The van der Waals surface area contributed by atoms with E-state index in [1.165, 1.54) is 28.9 Å². The Morgan fingerprint density at radius 3 is 2.92 bits per heavy atom. The number of fused-ring (bicyclic) bond motifs is 1. The lowest BCUT2D eigenvalue weighted by molar-refractivity contribution is -0.0494. The molecule has 3 aromatic heterocycles. The Morgan fingerprint density at radius 2 is 2.14 bits per heavy atom. The van der Waals surface area contributed by atoms with Crippen LogP contribution >= 0.6 is 11.6 Å². The number of hydrogen-bond acceptors (Lipinski definition) is 7. The van der Waals surface area contributed by atoms with Crippen molar-refractivity contribution in [2.75, 3.05) is 18.1 Å². The second-order valence-electron chi connectivity index (χ2n) is 8.80. The van der Waals surface area contributed by atoms with Crippen molar-refractivity contribution in [1.82, 2.24) is 29.7 Å². The molecular weight excluding hydrogens is 506 g/mol. The van der Waals surface area contributed by atoms with Crippen molar-refractivity contribution in [2.24, 2.45) is 0 Å². The summed E-state index contributed by atoms with van der Waals surface area (Å²) in [5.74, 6) is -0.685. The minimum atomic E-state index is -3.06. The maximum Gasteiger partial charge on any atom is 0.387 e. The molecule has 0 radical (unpaired) electrons. The standard InChI is InChI=1S/C24H25ClF2N8O2/c1-29-14-4-2-5-15(11-14)35-12-17(20(32-35)16-10-13(25)6-7-18(16)37-24(26)27)31-23(36)19-21(28)33-34-9-3-8-30-22(19)34/h3,6-10,12,14-15,24,29H,2,4-5,11H2,1H3,(H2,28,33)(H,31,36)/t14-,15+/m1/s1. The summed E-state index contributed by atoms with van der Waals surface area (Å²) in [6.07, 6.45) is 8.59. The highest BCUT2D eigenvalue weighted by molar-refractivity contribution is 6.31. The third-order valence-corrected chi connectivity index (χ3v) is 6.71. The van der Waals surface area contributed by atoms with E-state index in [4.69, 9.17) is 27.2 Å². The highest BCUT2D eigenvalue weighted by Gasteiger charge is 2.27. The number of hydrogen-bond donors (Lipinski definition) is 3. The third-order valence-electron chi connectivity index (χ3n) is 6.47. The molecule has 1 aliphatic carbocycles. The van der Waals surface area contributed by atoms with Crippen molar-refractivity contribution in [1.29, 1.82) is 0 Å². The van der Waals surface area contributed by atoms with Gasteiger partial charge in [-0.25, -0.2) is 9.50 Å². The molecule has 1 aliphatic rings. The number of carbonyl (C=O) groups excluding carboxylic acids is 1. The van der Waals surface area contributed by atoms with Crippen molar-refractivity contribution in [2.45, 2.75) is 44.4 Å². The summed E-state index contributed by atoms with van der Waals surface area (Å²) in [5, 5.41) is 15.3. The average Bonchev–Trinajstić information content (AvgIpc) is 3.45. The number of rotatable bonds is 7. The molecule has 1 aromatic carbocycles. The summed E-state index contributed by atoms with van der Waals surface area (Å²) in [4.78, 5) is 17.6. The Balaban J connectivity index is 1.58. The molecule has 0 spiro atoms.